The first-order valence-electron chi connectivity index (χ1n) is 10.1. The third-order valence-electron chi connectivity index (χ3n) is 5.74. The standard InChI is InChI=1S/C20H30N6O/c1-15(2)20-17(4-3-11-27-20)24-18-12-19(23-13-22-18)25-8-5-16(6-9-25)26-10-7-21-14-26/h7,10,12-17,20H,3-6,8-9,11H2,1-2H3,(H,22,23,24)/t17-,20-/m1/s1. The molecule has 0 aliphatic carbocycles. The lowest BCUT2D eigenvalue weighted by Crippen LogP contribution is -2.43. The molecular weight excluding hydrogens is 340 g/mol. The minimum atomic E-state index is 0.239. The van der Waals surface area contributed by atoms with Crippen molar-refractivity contribution in [2.75, 3.05) is 29.9 Å². The lowest BCUT2D eigenvalue weighted by molar-refractivity contribution is -0.0203. The van der Waals surface area contributed by atoms with Crippen molar-refractivity contribution >= 4 is 11.6 Å². The summed E-state index contributed by atoms with van der Waals surface area (Å²) in [5.74, 6) is 2.40. The zero-order valence-corrected chi connectivity index (χ0v) is 16.3. The van der Waals surface area contributed by atoms with Crippen molar-refractivity contribution in [1.29, 1.82) is 0 Å². The minimum absolute atomic E-state index is 0.239. The molecule has 2 aromatic rings. The smallest absolute Gasteiger partial charge is 0.134 e. The summed E-state index contributed by atoms with van der Waals surface area (Å²) in [5, 5.41) is 3.61. The van der Waals surface area contributed by atoms with E-state index in [0.29, 0.717) is 18.0 Å². The van der Waals surface area contributed by atoms with Gasteiger partial charge in [-0.05, 0) is 31.6 Å². The molecule has 2 atom stereocenters. The molecule has 4 heterocycles. The van der Waals surface area contributed by atoms with Crippen LogP contribution < -0.4 is 10.2 Å². The molecule has 2 aliphatic rings. The van der Waals surface area contributed by atoms with Crippen molar-refractivity contribution in [3.05, 3.63) is 31.1 Å². The van der Waals surface area contributed by atoms with Gasteiger partial charge in [0.25, 0.3) is 0 Å². The van der Waals surface area contributed by atoms with Gasteiger partial charge in [0.15, 0.2) is 0 Å². The molecule has 0 spiro atoms. The van der Waals surface area contributed by atoms with Crippen LogP contribution in [0.1, 0.15) is 45.6 Å². The number of ether oxygens (including phenoxy) is 1. The minimum Gasteiger partial charge on any atom is -0.376 e. The fourth-order valence-electron chi connectivity index (χ4n) is 4.28. The number of nitrogens with one attached hydrogen (secondary N) is 1. The Morgan fingerprint density at radius 1 is 1.19 bits per heavy atom. The van der Waals surface area contributed by atoms with Gasteiger partial charge in [0.1, 0.15) is 18.0 Å². The Labute approximate surface area is 161 Å². The van der Waals surface area contributed by atoms with Crippen molar-refractivity contribution < 1.29 is 4.74 Å². The van der Waals surface area contributed by atoms with Crippen LogP contribution in [0, 0.1) is 5.92 Å². The molecule has 0 unspecified atom stereocenters. The maximum atomic E-state index is 5.99. The van der Waals surface area contributed by atoms with E-state index in [0.717, 1.165) is 57.0 Å². The van der Waals surface area contributed by atoms with Gasteiger partial charge in [-0.2, -0.15) is 0 Å². The van der Waals surface area contributed by atoms with Crippen molar-refractivity contribution in [2.24, 2.45) is 5.92 Å². The van der Waals surface area contributed by atoms with Crippen LogP contribution in [0.15, 0.2) is 31.1 Å². The van der Waals surface area contributed by atoms with E-state index < -0.39 is 0 Å². The van der Waals surface area contributed by atoms with Gasteiger partial charge in [0.05, 0.1) is 18.5 Å². The van der Waals surface area contributed by atoms with Gasteiger partial charge >= 0.3 is 0 Å². The number of nitrogens with zero attached hydrogens (tertiary/aromatic N) is 5. The summed E-state index contributed by atoms with van der Waals surface area (Å²) >= 11 is 0. The van der Waals surface area contributed by atoms with Crippen LogP contribution in [0.2, 0.25) is 0 Å². The molecule has 7 heteroatoms. The molecule has 146 valence electrons. The van der Waals surface area contributed by atoms with Crippen LogP contribution in [0.25, 0.3) is 0 Å². The molecule has 0 bridgehead atoms. The molecule has 2 saturated heterocycles. The highest BCUT2D eigenvalue weighted by molar-refractivity contribution is 5.49. The van der Waals surface area contributed by atoms with E-state index in [4.69, 9.17) is 4.74 Å². The second-order valence-corrected chi connectivity index (χ2v) is 7.96. The van der Waals surface area contributed by atoms with Crippen LogP contribution >= 0.6 is 0 Å². The zero-order valence-electron chi connectivity index (χ0n) is 16.3. The molecule has 27 heavy (non-hydrogen) atoms. The molecule has 0 amide bonds. The quantitative estimate of drug-likeness (QED) is 0.872. The Balaban J connectivity index is 1.39. The first-order chi connectivity index (χ1) is 13.2. The highest BCUT2D eigenvalue weighted by Gasteiger charge is 2.29. The summed E-state index contributed by atoms with van der Waals surface area (Å²) in [6.07, 6.45) is 12.2. The normalized spacial score (nSPS) is 24.3. The summed E-state index contributed by atoms with van der Waals surface area (Å²) in [4.78, 5) is 15.5. The van der Waals surface area contributed by atoms with E-state index in [1.54, 1.807) is 6.33 Å². The zero-order chi connectivity index (χ0) is 18.6. The van der Waals surface area contributed by atoms with Crippen LogP contribution in [-0.2, 0) is 4.74 Å². The second-order valence-electron chi connectivity index (χ2n) is 7.96. The van der Waals surface area contributed by atoms with E-state index >= 15 is 0 Å². The Morgan fingerprint density at radius 3 is 2.78 bits per heavy atom. The summed E-state index contributed by atoms with van der Waals surface area (Å²) < 4.78 is 8.22. The van der Waals surface area contributed by atoms with E-state index in [-0.39, 0.29) is 6.10 Å². The highest BCUT2D eigenvalue weighted by Crippen LogP contribution is 2.27. The lowest BCUT2D eigenvalue weighted by atomic mass is 9.93. The van der Waals surface area contributed by atoms with Crippen molar-refractivity contribution in [1.82, 2.24) is 19.5 Å². The molecule has 4 rings (SSSR count). The van der Waals surface area contributed by atoms with Crippen molar-refractivity contribution in [2.45, 2.75) is 57.7 Å². The fourth-order valence-corrected chi connectivity index (χ4v) is 4.28. The third kappa shape index (κ3) is 4.24. The fraction of sp³-hybridized carbons (Fsp3) is 0.650. The predicted octanol–water partition coefficient (Wildman–Crippen LogP) is 3.13. The van der Waals surface area contributed by atoms with E-state index in [2.05, 4.69) is 55.8 Å². The van der Waals surface area contributed by atoms with Crippen LogP contribution in [0.5, 0.6) is 0 Å². The SMILES string of the molecule is CC(C)[C@H]1OCCC[C@H]1Nc1cc(N2CCC(n3ccnc3)CC2)ncn1. The molecule has 7 nitrogen and oxygen atoms in total. The first kappa shape index (κ1) is 18.2. The third-order valence-corrected chi connectivity index (χ3v) is 5.74. The van der Waals surface area contributed by atoms with Gasteiger partial charge in [-0.1, -0.05) is 13.8 Å². The summed E-state index contributed by atoms with van der Waals surface area (Å²) in [6.45, 7) is 7.31. The predicted molar refractivity (Wildman–Crippen MR) is 106 cm³/mol. The van der Waals surface area contributed by atoms with E-state index in [9.17, 15) is 0 Å². The Bertz CT molecular complexity index is 711. The Morgan fingerprint density at radius 2 is 2.04 bits per heavy atom. The summed E-state index contributed by atoms with van der Waals surface area (Å²) in [5.41, 5.74) is 0. The monoisotopic (exact) mass is 370 g/mol. The van der Waals surface area contributed by atoms with E-state index in [1.165, 1.54) is 0 Å². The molecule has 2 fully saturated rings. The number of piperidine rings is 1. The molecule has 2 aliphatic heterocycles. The number of imidazole rings is 1. The number of anilines is 2. The number of aromatic nitrogens is 4. The van der Waals surface area contributed by atoms with E-state index in [1.807, 2.05) is 12.5 Å². The topological polar surface area (TPSA) is 68.1 Å². The molecular formula is C20H30N6O. The Hall–Kier alpha value is -2.15. The van der Waals surface area contributed by atoms with Crippen molar-refractivity contribution in [3.8, 4) is 0 Å². The average Bonchev–Trinajstić information content (AvgIpc) is 3.23. The molecule has 2 aromatic heterocycles. The maximum Gasteiger partial charge on any atom is 0.134 e. The molecule has 0 saturated carbocycles. The van der Waals surface area contributed by atoms with Gasteiger partial charge in [0, 0.05) is 44.2 Å². The number of hydrogen-bond acceptors (Lipinski definition) is 6. The van der Waals surface area contributed by atoms with Crippen LogP contribution in [0.3, 0.4) is 0 Å². The largest absolute Gasteiger partial charge is 0.376 e. The van der Waals surface area contributed by atoms with Gasteiger partial charge in [-0.25, -0.2) is 15.0 Å². The Kier molecular flexibility index (Phi) is 5.57. The molecule has 0 aromatic carbocycles. The molecule has 1 N–H and O–H groups in total. The summed E-state index contributed by atoms with van der Waals surface area (Å²) in [6, 6.07) is 2.94. The van der Waals surface area contributed by atoms with Crippen LogP contribution in [-0.4, -0.2) is 51.4 Å². The van der Waals surface area contributed by atoms with Gasteiger partial charge in [-0.3, -0.25) is 0 Å². The van der Waals surface area contributed by atoms with Crippen LogP contribution in [0.4, 0.5) is 11.6 Å². The molecule has 0 radical (unpaired) electrons. The summed E-state index contributed by atoms with van der Waals surface area (Å²) in [7, 11) is 0. The van der Waals surface area contributed by atoms with Gasteiger partial charge in [0.2, 0.25) is 0 Å². The maximum absolute atomic E-state index is 5.99. The number of rotatable bonds is 5. The highest BCUT2D eigenvalue weighted by atomic mass is 16.5. The van der Waals surface area contributed by atoms with Gasteiger partial charge < -0.3 is 19.5 Å². The number of hydrogen-bond donors (Lipinski definition) is 1. The second kappa shape index (κ2) is 8.25. The average molecular weight is 371 g/mol. The van der Waals surface area contributed by atoms with Gasteiger partial charge in [-0.15, -0.1) is 0 Å². The first-order valence-corrected chi connectivity index (χ1v) is 10.1. The lowest BCUT2D eigenvalue weighted by Gasteiger charge is -2.36. The van der Waals surface area contributed by atoms with Crippen molar-refractivity contribution in [3.63, 3.8) is 0 Å².